The molecule has 15 aromatic heterocycles. The number of H-pyrrole nitrogens is 1. The van der Waals surface area contributed by atoms with E-state index >= 15 is 0 Å². The van der Waals surface area contributed by atoms with E-state index in [0.717, 1.165) is 134 Å². The molecule has 0 saturated heterocycles. The average Bonchev–Trinajstić information content (AvgIpc) is 1.39. The first-order valence-electron chi connectivity index (χ1n) is 31.2. The summed E-state index contributed by atoms with van der Waals surface area (Å²) in [5.74, 6) is 3.24. The summed E-state index contributed by atoms with van der Waals surface area (Å²) in [5, 5.41) is 22.0. The molecule has 0 unspecified atom stereocenters. The van der Waals surface area contributed by atoms with Crippen LogP contribution in [0.5, 0.6) is 17.4 Å². The Labute approximate surface area is 755 Å². The maximum Gasteiger partial charge on any atom is 1.00 e. The Morgan fingerprint density at radius 2 is 0.971 bits per heavy atom. The van der Waals surface area contributed by atoms with Crippen molar-refractivity contribution < 1.29 is 167 Å². The van der Waals surface area contributed by atoms with Gasteiger partial charge in [0, 0.05) is 122 Å². The molecule has 0 spiro atoms. The zero-order chi connectivity index (χ0) is 70.5. The molecule has 15 heterocycles. The number of nitrogens with one attached hydrogen (secondary N) is 1. The number of hydrogen-bond acceptors (Lipinski definition) is 13. The molecule has 0 amide bonds. The van der Waals surface area contributed by atoms with Crippen LogP contribution in [0.15, 0.2) is 305 Å². The number of fused-ring (bicyclic) bond motifs is 18. The summed E-state index contributed by atoms with van der Waals surface area (Å²) in [5.41, 5.74) is 12.4. The van der Waals surface area contributed by atoms with Gasteiger partial charge in [-0.3, -0.25) is 28.9 Å². The Balaban J connectivity index is 0.000000161. The molecule has 19 aromatic rings. The third-order valence-electron chi connectivity index (χ3n) is 16.0. The van der Waals surface area contributed by atoms with Crippen LogP contribution in [0.4, 0.5) is 4.39 Å². The molecule has 0 atom stereocenters. The number of carbonyl (C=O) groups excluding carboxylic acids is 1. The van der Waals surface area contributed by atoms with Crippen molar-refractivity contribution in [3.63, 3.8) is 0 Å². The minimum Gasteiger partial charge on any atom is -0.508 e. The number of para-hydroxylation sites is 2. The number of aromatic amines is 1. The molecule has 0 aliphatic heterocycles. The van der Waals surface area contributed by atoms with E-state index in [9.17, 15) is 9.50 Å². The number of aromatic hydroxyl groups is 1. The number of phenols is 1. The van der Waals surface area contributed by atoms with Gasteiger partial charge >= 0.3 is 144 Å². The van der Waals surface area contributed by atoms with Crippen LogP contribution in [0.25, 0.3) is 123 Å². The second-order valence-electron chi connectivity index (χ2n) is 21.9. The summed E-state index contributed by atoms with van der Waals surface area (Å²) in [6.45, 7) is 0.0208. The number of phenolic OH excluding ortho intramolecular Hbond substituents is 1. The maximum atomic E-state index is 9.79. The van der Waals surface area contributed by atoms with E-state index in [1.54, 1.807) is 37.9 Å². The van der Waals surface area contributed by atoms with Gasteiger partial charge in [-0.2, -0.15) is 7.18 Å². The van der Waals surface area contributed by atoms with Gasteiger partial charge in [-0.05, 0) is 209 Å². The van der Waals surface area contributed by atoms with Gasteiger partial charge in [-0.25, -0.2) is 30.2 Å². The molecule has 4 aromatic carbocycles. The standard InChI is InChI=1S/C31H19N5O.C17H12N2O.C14H8BrN3.C9H7BrN2.C5H3Br2N.CH2F.CH2O3.2CH4.2Cs/c1-2-7-25-21(6-1)22-11-10-20(18-27(22)36(25)29-9-3-4-15-33-29)37-30-13-12-24-23-14-16-32-19-28(23)35-17-5-8-26(35)31(24)34-30;20-12-8-9-14-13-5-1-2-6-15(13)19(16(14)11-12)17-7-3-4-10-18-17;15-13-4-3-10-9-5-6-16-8-12(9)18-7-1-2-11(18)14(10)17-13;10-9-5-1-3-8(12-9)7-4-2-6-11-7;6-4-1-2-8-3-5(4)7;1-2;2-1-4-3;;;;/h1-19H;1-11,20H;1-8H;1-6,11H;1-3H;1H2;1,3H;2*1H4;;/q;;;;;-1;;;;2*+1/i/hD. The number of halogens is 5. The van der Waals surface area contributed by atoms with Crippen molar-refractivity contribution in [1.82, 2.24) is 62.8 Å². The summed E-state index contributed by atoms with van der Waals surface area (Å²) in [4.78, 5) is 50.7. The molecule has 0 bridgehead atoms. The maximum absolute atomic E-state index is 9.79. The van der Waals surface area contributed by atoms with Crippen molar-refractivity contribution in [2.45, 2.75) is 14.9 Å². The molecule has 0 aliphatic carbocycles. The van der Waals surface area contributed by atoms with E-state index in [-0.39, 0.29) is 165 Å². The predicted octanol–water partition coefficient (Wildman–Crippen LogP) is 16.1. The largest absolute Gasteiger partial charge is 1.00 e. The van der Waals surface area contributed by atoms with Crippen molar-refractivity contribution in [2.75, 3.05) is 0 Å². The molecule has 25 heteroatoms. The molecular formula is C80H61Br4Cs2FN13O5+. The normalized spacial score (nSPS) is 10.5. The van der Waals surface area contributed by atoms with Crippen LogP contribution in [0.1, 0.15) is 14.9 Å². The Kier molecular flexibility index (Phi) is 29.6. The number of hydrogen-bond donors (Lipinski definition) is 3. The number of ether oxygens (including phenoxy) is 1. The average molecular weight is 1890 g/mol. The van der Waals surface area contributed by atoms with Crippen molar-refractivity contribution >= 4 is 168 Å². The van der Waals surface area contributed by atoms with E-state index in [2.05, 4.69) is 204 Å². The van der Waals surface area contributed by atoms with Crippen molar-refractivity contribution in [3.05, 3.63) is 312 Å². The van der Waals surface area contributed by atoms with E-state index in [1.807, 2.05) is 183 Å². The molecule has 0 fully saturated rings. The number of carbonyl (C=O) groups is 1. The van der Waals surface area contributed by atoms with Gasteiger partial charge in [0.2, 0.25) is 5.88 Å². The Morgan fingerprint density at radius 3 is 1.50 bits per heavy atom. The summed E-state index contributed by atoms with van der Waals surface area (Å²) in [6.07, 6.45) is 20.5. The van der Waals surface area contributed by atoms with E-state index in [1.165, 1.54) is 10.8 Å². The Hall–Kier alpha value is -7.50. The van der Waals surface area contributed by atoms with E-state index in [0.29, 0.717) is 5.88 Å². The first kappa shape index (κ1) is 80.1. The van der Waals surface area contributed by atoms with Crippen LogP contribution in [-0.2, 0) is 9.68 Å². The number of aromatic nitrogens is 13. The first-order valence-corrected chi connectivity index (χ1v) is 34.0. The fourth-order valence-electron chi connectivity index (χ4n) is 11.9. The molecule has 19 rings (SSSR count). The van der Waals surface area contributed by atoms with Crippen LogP contribution in [0.2, 0.25) is 0 Å². The van der Waals surface area contributed by atoms with Crippen molar-refractivity contribution in [1.29, 1.82) is 1.43 Å². The molecule has 18 nitrogen and oxygen atoms in total. The summed E-state index contributed by atoms with van der Waals surface area (Å²) in [6, 6.07) is 72.0. The second kappa shape index (κ2) is 38.9. The zero-order valence-corrected chi connectivity index (χ0v) is 73.7. The number of rotatable bonds is 7. The van der Waals surface area contributed by atoms with Gasteiger partial charge in [0.1, 0.15) is 32.3 Å². The first-order chi connectivity index (χ1) is 50.1. The SMILES string of the molecule is Brc1ccc2c3ccncc3n3cccc3c2n1.Brc1cccc(-c2ccc[nH]2)n1.Brc1ccncc1Br.C.C.Oc1ccc2c3ccccc3n(-c3ccccn3)c2c1.[2H]OOC=O.[CH2-]F.[Cs+].[Cs+].c1ccc(-n2c3ccccc3c3ccc(Oc4ccc5c6ccncc6n6cccc6c5n4)cc32)nc1. The van der Waals surface area contributed by atoms with Crippen LogP contribution >= 0.6 is 63.7 Å². The summed E-state index contributed by atoms with van der Waals surface area (Å²) in [7, 11) is 1.75. The minimum atomic E-state index is 0. The zero-order valence-electron chi connectivity index (χ0n) is 55.8. The predicted molar refractivity (Wildman–Crippen MR) is 424 cm³/mol. The van der Waals surface area contributed by atoms with Crippen LogP contribution < -0.4 is 143 Å². The topological polar surface area (TPSA) is 214 Å². The summed E-state index contributed by atoms with van der Waals surface area (Å²) < 4.78 is 33.5. The van der Waals surface area contributed by atoms with Crippen LogP contribution in [0, 0.1) is 7.18 Å². The number of pyridine rings is 10. The molecule has 0 aliphatic rings. The van der Waals surface area contributed by atoms with E-state index in [4.69, 9.17) is 15.9 Å². The second-order valence-corrected chi connectivity index (χ2v) is 25.2. The molecule has 105 heavy (non-hydrogen) atoms. The van der Waals surface area contributed by atoms with Gasteiger partial charge in [-0.15, -0.1) is 0 Å². The Bertz CT molecular complexity index is 6120. The fourth-order valence-corrected chi connectivity index (χ4v) is 13.0. The van der Waals surface area contributed by atoms with E-state index < -0.39 is 0 Å². The third-order valence-corrected chi connectivity index (χ3v) is 18.8. The molecule has 512 valence electrons. The summed E-state index contributed by atoms with van der Waals surface area (Å²) >= 11 is 13.4. The van der Waals surface area contributed by atoms with Gasteiger partial charge in [0.25, 0.3) is 1.43 Å². The number of nitrogens with zero attached hydrogens (tertiary/aromatic N) is 12. The molecule has 0 saturated carbocycles. The molecule has 3 N–H and O–H groups in total. The molecular weight excluding hydrogens is 1830 g/mol. The Morgan fingerprint density at radius 1 is 0.457 bits per heavy atom. The van der Waals surface area contributed by atoms with Crippen molar-refractivity contribution in [2.24, 2.45) is 0 Å². The fraction of sp³-hybridized carbons (Fsp3) is 0.0250. The van der Waals surface area contributed by atoms with Gasteiger partial charge < -0.3 is 32.9 Å². The minimum absolute atomic E-state index is 0. The monoisotopic (exact) mass is 1880 g/mol. The molecule has 0 radical (unpaired) electrons. The van der Waals surface area contributed by atoms with Gasteiger partial charge in [0.05, 0.1) is 83.4 Å². The van der Waals surface area contributed by atoms with Crippen LogP contribution in [-0.4, -0.2) is 79.6 Å². The van der Waals surface area contributed by atoms with Crippen LogP contribution in [0.3, 0.4) is 0 Å². The quantitative estimate of drug-likeness (QED) is 0.0339. The van der Waals surface area contributed by atoms with Gasteiger partial charge in [-0.1, -0.05) is 69.5 Å². The number of benzene rings is 4. The van der Waals surface area contributed by atoms with Crippen molar-refractivity contribution in [3.8, 4) is 40.4 Å². The van der Waals surface area contributed by atoms with Gasteiger partial charge in [0.15, 0.2) is 0 Å². The smallest absolute Gasteiger partial charge is 0.508 e. The third kappa shape index (κ3) is 18.2.